The van der Waals surface area contributed by atoms with Crippen LogP contribution in [0.4, 0.5) is 5.95 Å². The first-order valence-corrected chi connectivity index (χ1v) is 7.60. The molecule has 0 amide bonds. The molecule has 7 heteroatoms. The lowest BCUT2D eigenvalue weighted by Crippen LogP contribution is -2.20. The van der Waals surface area contributed by atoms with Crippen molar-refractivity contribution >= 4 is 11.6 Å². The van der Waals surface area contributed by atoms with Gasteiger partial charge in [0, 0.05) is 11.3 Å². The van der Waals surface area contributed by atoms with Crippen LogP contribution >= 0.6 is 0 Å². The number of allylic oxidation sites excluding steroid dienone is 1. The molecule has 3 aromatic rings. The summed E-state index contributed by atoms with van der Waals surface area (Å²) in [6.07, 6.45) is 2.11. The number of hydrogen-bond donors (Lipinski definition) is 1. The summed E-state index contributed by atoms with van der Waals surface area (Å²) in [5.41, 5.74) is 3.05. The summed E-state index contributed by atoms with van der Waals surface area (Å²) in [7, 11) is 0. The van der Waals surface area contributed by atoms with Crippen LogP contribution in [0, 0.1) is 0 Å². The van der Waals surface area contributed by atoms with Crippen LogP contribution in [0.15, 0.2) is 54.6 Å². The van der Waals surface area contributed by atoms with Gasteiger partial charge in [-0.3, -0.25) is 0 Å². The van der Waals surface area contributed by atoms with E-state index in [9.17, 15) is 0 Å². The van der Waals surface area contributed by atoms with Gasteiger partial charge in [0.25, 0.3) is 0 Å². The molecule has 0 bridgehead atoms. The van der Waals surface area contributed by atoms with Crippen LogP contribution in [0.1, 0.15) is 17.2 Å². The highest BCUT2D eigenvalue weighted by atomic mass is 16.7. The number of aromatic nitrogens is 4. The van der Waals surface area contributed by atoms with Crippen LogP contribution < -0.4 is 14.8 Å². The van der Waals surface area contributed by atoms with Gasteiger partial charge in [-0.15, -0.1) is 0 Å². The van der Waals surface area contributed by atoms with Crippen molar-refractivity contribution in [3.63, 3.8) is 0 Å². The Kier molecular flexibility index (Phi) is 2.78. The van der Waals surface area contributed by atoms with E-state index in [1.807, 2.05) is 36.4 Å². The second-order valence-electron chi connectivity index (χ2n) is 5.58. The first-order valence-electron chi connectivity index (χ1n) is 7.60. The molecule has 2 aromatic carbocycles. The maximum absolute atomic E-state index is 5.47. The van der Waals surface area contributed by atoms with Crippen molar-refractivity contribution in [2.75, 3.05) is 12.1 Å². The summed E-state index contributed by atoms with van der Waals surface area (Å²) in [4.78, 5) is 0. The van der Waals surface area contributed by atoms with Gasteiger partial charge < -0.3 is 14.8 Å². The molecule has 0 spiro atoms. The van der Waals surface area contributed by atoms with E-state index in [1.165, 1.54) is 0 Å². The second-order valence-corrected chi connectivity index (χ2v) is 5.58. The Balaban J connectivity index is 1.60. The third-order valence-electron chi connectivity index (χ3n) is 4.15. The molecule has 2 aliphatic heterocycles. The Morgan fingerprint density at radius 2 is 1.92 bits per heavy atom. The molecule has 0 radical (unpaired) electrons. The molecular formula is C17H13N5O2. The van der Waals surface area contributed by atoms with E-state index in [0.29, 0.717) is 5.95 Å². The molecule has 1 N–H and O–H groups in total. The molecule has 7 nitrogen and oxygen atoms in total. The Labute approximate surface area is 137 Å². The standard InChI is InChI=1S/C17H13N5O2/c1-2-4-11(5-3-1)14-9-13(18-17-19-20-21-22(14)17)12-6-7-15-16(8-12)24-10-23-15/h1-9,14H,10H2,(H,18,19,21)/t14-/m1/s1. The average molecular weight is 319 g/mol. The highest BCUT2D eigenvalue weighted by Crippen LogP contribution is 2.37. The van der Waals surface area contributed by atoms with E-state index in [1.54, 1.807) is 4.68 Å². The molecule has 0 aliphatic carbocycles. The number of nitrogens with one attached hydrogen (secondary N) is 1. The molecule has 0 saturated carbocycles. The summed E-state index contributed by atoms with van der Waals surface area (Å²) >= 11 is 0. The van der Waals surface area contributed by atoms with Crippen molar-refractivity contribution in [1.82, 2.24) is 20.2 Å². The number of tetrazole rings is 1. The first-order chi connectivity index (χ1) is 11.9. The molecule has 5 rings (SSSR count). The fraction of sp³-hybridized carbons (Fsp3) is 0.118. The van der Waals surface area contributed by atoms with Crippen molar-refractivity contribution in [3.05, 3.63) is 65.7 Å². The smallest absolute Gasteiger partial charge is 0.248 e. The predicted molar refractivity (Wildman–Crippen MR) is 86.6 cm³/mol. The van der Waals surface area contributed by atoms with Crippen LogP contribution in [0.3, 0.4) is 0 Å². The van der Waals surface area contributed by atoms with E-state index >= 15 is 0 Å². The van der Waals surface area contributed by atoms with E-state index in [0.717, 1.165) is 28.3 Å². The summed E-state index contributed by atoms with van der Waals surface area (Å²) in [6.45, 7) is 0.260. The Morgan fingerprint density at radius 1 is 1.04 bits per heavy atom. The second kappa shape index (κ2) is 5.09. The molecule has 3 heterocycles. The number of hydrogen-bond acceptors (Lipinski definition) is 6. The molecule has 1 atom stereocenters. The molecule has 118 valence electrons. The Morgan fingerprint density at radius 3 is 2.83 bits per heavy atom. The molecule has 2 aliphatic rings. The third kappa shape index (κ3) is 2.02. The largest absolute Gasteiger partial charge is 0.454 e. The highest BCUT2D eigenvalue weighted by molar-refractivity contribution is 5.78. The van der Waals surface area contributed by atoms with Gasteiger partial charge in [0.15, 0.2) is 11.5 Å². The fourth-order valence-corrected chi connectivity index (χ4v) is 2.97. The zero-order valence-corrected chi connectivity index (χ0v) is 12.6. The predicted octanol–water partition coefficient (Wildman–Crippen LogP) is 2.46. The number of anilines is 1. The van der Waals surface area contributed by atoms with Crippen molar-refractivity contribution in [2.24, 2.45) is 0 Å². The van der Waals surface area contributed by atoms with Crippen molar-refractivity contribution in [2.45, 2.75) is 6.04 Å². The number of fused-ring (bicyclic) bond motifs is 2. The Hall–Kier alpha value is -3.35. The van der Waals surface area contributed by atoms with Gasteiger partial charge in [-0.2, -0.15) is 4.68 Å². The first kappa shape index (κ1) is 13.1. The number of benzene rings is 2. The van der Waals surface area contributed by atoms with Crippen LogP contribution in [-0.2, 0) is 0 Å². The highest BCUT2D eigenvalue weighted by Gasteiger charge is 2.25. The lowest BCUT2D eigenvalue weighted by molar-refractivity contribution is 0.174. The minimum absolute atomic E-state index is 0.0714. The van der Waals surface area contributed by atoms with Gasteiger partial charge in [0.05, 0.1) is 0 Å². The maximum atomic E-state index is 5.47. The van der Waals surface area contributed by atoms with Gasteiger partial charge in [0.1, 0.15) is 6.04 Å². The molecule has 0 saturated heterocycles. The van der Waals surface area contributed by atoms with Crippen molar-refractivity contribution in [1.29, 1.82) is 0 Å². The van der Waals surface area contributed by atoms with Gasteiger partial charge in [-0.1, -0.05) is 35.4 Å². The Bertz CT molecular complexity index is 935. The quantitative estimate of drug-likeness (QED) is 0.782. The molecule has 0 unspecified atom stereocenters. The SMILES string of the molecule is C1=C(c2ccc3c(c2)OCO3)Nc2nnnn2[C@H]1c1ccccc1. The summed E-state index contributed by atoms with van der Waals surface area (Å²) in [5.74, 6) is 2.12. The average Bonchev–Trinajstić information content (AvgIpc) is 3.29. The molecule has 0 fully saturated rings. The monoisotopic (exact) mass is 319 g/mol. The number of nitrogens with zero attached hydrogens (tertiary/aromatic N) is 4. The van der Waals surface area contributed by atoms with Crippen molar-refractivity contribution in [3.8, 4) is 11.5 Å². The van der Waals surface area contributed by atoms with Gasteiger partial charge in [-0.05, 0) is 40.3 Å². The van der Waals surface area contributed by atoms with Gasteiger partial charge in [0.2, 0.25) is 12.7 Å². The van der Waals surface area contributed by atoms with Crippen LogP contribution in [0.2, 0.25) is 0 Å². The van der Waals surface area contributed by atoms with E-state index < -0.39 is 0 Å². The minimum Gasteiger partial charge on any atom is -0.454 e. The zero-order chi connectivity index (χ0) is 15.9. The molecule has 24 heavy (non-hydrogen) atoms. The summed E-state index contributed by atoms with van der Waals surface area (Å²) < 4.78 is 12.6. The molecule has 1 aromatic heterocycles. The third-order valence-corrected chi connectivity index (χ3v) is 4.15. The topological polar surface area (TPSA) is 74.1 Å². The van der Waals surface area contributed by atoms with Gasteiger partial charge >= 0.3 is 0 Å². The van der Waals surface area contributed by atoms with Crippen molar-refractivity contribution < 1.29 is 9.47 Å². The van der Waals surface area contributed by atoms with E-state index in [2.05, 4.69) is 39.1 Å². The minimum atomic E-state index is -0.0714. The van der Waals surface area contributed by atoms with Gasteiger partial charge in [-0.25, -0.2) is 0 Å². The van der Waals surface area contributed by atoms with E-state index in [-0.39, 0.29) is 12.8 Å². The summed E-state index contributed by atoms with van der Waals surface area (Å²) in [5, 5.41) is 15.2. The normalized spacial score (nSPS) is 17.8. The maximum Gasteiger partial charge on any atom is 0.248 e. The van der Waals surface area contributed by atoms with Crippen LogP contribution in [0.25, 0.3) is 5.70 Å². The lowest BCUT2D eigenvalue weighted by Gasteiger charge is -2.23. The van der Waals surface area contributed by atoms with Crippen LogP contribution in [0.5, 0.6) is 11.5 Å². The fourth-order valence-electron chi connectivity index (χ4n) is 2.97. The zero-order valence-electron chi connectivity index (χ0n) is 12.6. The lowest BCUT2D eigenvalue weighted by atomic mass is 10.0. The number of ether oxygens (including phenoxy) is 2. The van der Waals surface area contributed by atoms with E-state index in [4.69, 9.17) is 9.47 Å². The van der Waals surface area contributed by atoms with Crippen LogP contribution in [-0.4, -0.2) is 27.0 Å². The molecular weight excluding hydrogens is 306 g/mol. The number of rotatable bonds is 2. The summed E-state index contributed by atoms with van der Waals surface area (Å²) in [6, 6.07) is 15.9.